The van der Waals surface area contributed by atoms with Crippen LogP contribution in [0.5, 0.6) is 11.5 Å². The van der Waals surface area contributed by atoms with Crippen LogP contribution in [-0.2, 0) is 29.0 Å². The van der Waals surface area contributed by atoms with Crippen molar-refractivity contribution in [1.82, 2.24) is 0 Å². The van der Waals surface area contributed by atoms with Gasteiger partial charge in [0.2, 0.25) is 5.91 Å². The van der Waals surface area contributed by atoms with Crippen LogP contribution in [0.1, 0.15) is 38.3 Å². The number of ether oxygens (including phenoxy) is 3. The maximum absolute atomic E-state index is 12.6. The van der Waals surface area contributed by atoms with Crippen molar-refractivity contribution < 1.29 is 23.8 Å². The van der Waals surface area contributed by atoms with Crippen molar-refractivity contribution in [3.05, 3.63) is 79.7 Å². The lowest BCUT2D eigenvalue weighted by Gasteiger charge is -2.13. The first-order valence-electron chi connectivity index (χ1n) is 10.9. The fourth-order valence-corrected chi connectivity index (χ4v) is 5.65. The number of nitrogens with one attached hydrogen (secondary N) is 1. The molecule has 0 radical (unpaired) electrons. The number of fused-ring (bicyclic) bond motifs is 1. The summed E-state index contributed by atoms with van der Waals surface area (Å²) in [5, 5.41) is 4.39. The number of hydrogen-bond donors (Lipinski definition) is 1. The second-order valence-corrected chi connectivity index (χ2v) is 9.69. The molecular formula is C26H23Cl2NO5S. The second-order valence-electron chi connectivity index (χ2n) is 7.77. The molecule has 1 amide bonds. The van der Waals surface area contributed by atoms with Gasteiger partial charge in [-0.1, -0.05) is 35.3 Å². The topological polar surface area (TPSA) is 73.9 Å². The summed E-state index contributed by atoms with van der Waals surface area (Å²) >= 11 is 13.9. The van der Waals surface area contributed by atoms with Crippen LogP contribution in [-0.4, -0.2) is 26.1 Å². The third-order valence-electron chi connectivity index (χ3n) is 5.60. The van der Waals surface area contributed by atoms with Crippen LogP contribution in [0, 0.1) is 0 Å². The molecule has 0 saturated carbocycles. The van der Waals surface area contributed by atoms with Crippen molar-refractivity contribution in [2.45, 2.75) is 25.9 Å². The standard InChI is InChI=1S/C26H23Cl2NO5S/c1-32-21-13-15(9-11-20(21)34-14-17-18(27)6-4-7-19(17)28)10-12-23(30)29-25-24(26(31)33-2)16-5-3-8-22(16)35-25/h4,6-7,9-13H,3,5,8,14H2,1-2H3,(H,29,30). The monoisotopic (exact) mass is 531 g/mol. The molecule has 2 aromatic carbocycles. The molecule has 1 heterocycles. The molecule has 0 fully saturated rings. The third-order valence-corrected chi connectivity index (χ3v) is 7.51. The summed E-state index contributed by atoms with van der Waals surface area (Å²) in [5.74, 6) is 0.240. The van der Waals surface area contributed by atoms with E-state index in [1.807, 2.05) is 0 Å². The molecule has 3 aromatic rings. The Morgan fingerprint density at radius 1 is 1.09 bits per heavy atom. The van der Waals surface area contributed by atoms with Crippen LogP contribution >= 0.6 is 34.5 Å². The van der Waals surface area contributed by atoms with Crippen LogP contribution < -0.4 is 14.8 Å². The van der Waals surface area contributed by atoms with Crippen LogP contribution in [0.2, 0.25) is 10.0 Å². The lowest BCUT2D eigenvalue weighted by atomic mass is 10.1. The van der Waals surface area contributed by atoms with Crippen molar-refractivity contribution in [2.24, 2.45) is 0 Å². The lowest BCUT2D eigenvalue weighted by molar-refractivity contribution is -0.111. The number of benzene rings is 2. The Kier molecular flexibility index (Phi) is 8.00. The van der Waals surface area contributed by atoms with E-state index in [9.17, 15) is 9.59 Å². The van der Waals surface area contributed by atoms with Crippen LogP contribution in [0.4, 0.5) is 5.00 Å². The number of amides is 1. The van der Waals surface area contributed by atoms with Gasteiger partial charge < -0.3 is 19.5 Å². The number of halogens is 2. The van der Waals surface area contributed by atoms with Gasteiger partial charge in [-0.25, -0.2) is 4.79 Å². The quantitative estimate of drug-likeness (QED) is 0.263. The number of anilines is 1. The smallest absolute Gasteiger partial charge is 0.341 e. The Labute approximate surface area is 217 Å². The Bertz CT molecular complexity index is 1280. The molecule has 4 rings (SSSR count). The molecule has 0 bridgehead atoms. The van der Waals surface area contributed by atoms with Gasteiger partial charge in [-0.15, -0.1) is 11.3 Å². The number of carbonyl (C=O) groups is 2. The highest BCUT2D eigenvalue weighted by Crippen LogP contribution is 2.39. The van der Waals surface area contributed by atoms with Gasteiger partial charge in [0.15, 0.2) is 11.5 Å². The maximum atomic E-state index is 12.6. The minimum atomic E-state index is -0.429. The average molecular weight is 532 g/mol. The number of carbonyl (C=O) groups excluding carboxylic acids is 2. The lowest BCUT2D eigenvalue weighted by Crippen LogP contribution is -2.12. The molecule has 0 spiro atoms. The first-order chi connectivity index (χ1) is 16.9. The van der Waals surface area contributed by atoms with E-state index in [-0.39, 0.29) is 12.5 Å². The predicted molar refractivity (Wildman–Crippen MR) is 139 cm³/mol. The number of aryl methyl sites for hydroxylation is 1. The summed E-state index contributed by atoms with van der Waals surface area (Å²) in [4.78, 5) is 26.0. The Hall–Kier alpha value is -3.00. The molecule has 0 aliphatic heterocycles. The van der Waals surface area contributed by atoms with Crippen molar-refractivity contribution >= 4 is 57.5 Å². The summed E-state index contributed by atoms with van der Waals surface area (Å²) < 4.78 is 16.3. The van der Waals surface area contributed by atoms with Gasteiger partial charge in [0.05, 0.1) is 19.8 Å². The van der Waals surface area contributed by atoms with Crippen molar-refractivity contribution in [3.63, 3.8) is 0 Å². The average Bonchev–Trinajstić information content (AvgIpc) is 3.43. The molecule has 0 atom stereocenters. The van der Waals surface area contributed by atoms with Crippen LogP contribution in [0.3, 0.4) is 0 Å². The molecule has 9 heteroatoms. The van der Waals surface area contributed by atoms with Gasteiger partial charge >= 0.3 is 5.97 Å². The van der Waals surface area contributed by atoms with Gasteiger partial charge in [0.1, 0.15) is 11.6 Å². The molecule has 182 valence electrons. The zero-order chi connectivity index (χ0) is 24.9. The van der Waals surface area contributed by atoms with Gasteiger partial charge in [-0.2, -0.15) is 0 Å². The normalized spacial score (nSPS) is 12.5. The minimum absolute atomic E-state index is 0.180. The summed E-state index contributed by atoms with van der Waals surface area (Å²) in [5.41, 5.74) is 2.87. The summed E-state index contributed by atoms with van der Waals surface area (Å²) in [6.45, 7) is 0.180. The Morgan fingerprint density at radius 2 is 1.86 bits per heavy atom. The SMILES string of the molecule is COC(=O)c1c(NC(=O)C=Cc2ccc(OCc3c(Cl)cccc3Cl)c(OC)c2)sc2c1CCC2. The number of esters is 1. The molecule has 1 N–H and O–H groups in total. The zero-order valence-corrected chi connectivity index (χ0v) is 21.5. The molecule has 0 saturated heterocycles. The van der Waals surface area contributed by atoms with Gasteiger partial charge in [-0.05, 0) is 60.7 Å². The van der Waals surface area contributed by atoms with Gasteiger partial charge in [0, 0.05) is 26.6 Å². The van der Waals surface area contributed by atoms with Crippen molar-refractivity contribution in [2.75, 3.05) is 19.5 Å². The van der Waals surface area contributed by atoms with Gasteiger partial charge in [-0.3, -0.25) is 4.79 Å². The van der Waals surface area contributed by atoms with E-state index < -0.39 is 5.97 Å². The molecule has 35 heavy (non-hydrogen) atoms. The van der Waals surface area contributed by atoms with Crippen molar-refractivity contribution in [1.29, 1.82) is 0 Å². The van der Waals surface area contributed by atoms with Gasteiger partial charge in [0.25, 0.3) is 0 Å². The zero-order valence-electron chi connectivity index (χ0n) is 19.2. The largest absolute Gasteiger partial charge is 0.493 e. The summed E-state index contributed by atoms with van der Waals surface area (Å²) in [6, 6.07) is 10.6. The Morgan fingerprint density at radius 3 is 2.57 bits per heavy atom. The fraction of sp³-hybridized carbons (Fsp3) is 0.231. The van der Waals surface area contributed by atoms with E-state index in [0.29, 0.717) is 37.7 Å². The van der Waals surface area contributed by atoms with E-state index >= 15 is 0 Å². The molecule has 1 aliphatic rings. The van der Waals surface area contributed by atoms with E-state index in [1.165, 1.54) is 31.6 Å². The first-order valence-corrected chi connectivity index (χ1v) is 12.4. The summed E-state index contributed by atoms with van der Waals surface area (Å²) in [6.07, 6.45) is 5.80. The first kappa shape index (κ1) is 25.1. The van der Waals surface area contributed by atoms with E-state index in [4.69, 9.17) is 37.4 Å². The highest BCUT2D eigenvalue weighted by atomic mass is 35.5. The Balaban J connectivity index is 1.45. The highest BCUT2D eigenvalue weighted by Gasteiger charge is 2.27. The fourth-order valence-electron chi connectivity index (χ4n) is 3.86. The van der Waals surface area contributed by atoms with E-state index in [2.05, 4.69) is 5.32 Å². The van der Waals surface area contributed by atoms with E-state index in [1.54, 1.807) is 42.5 Å². The molecule has 1 aliphatic carbocycles. The van der Waals surface area contributed by atoms with E-state index in [0.717, 1.165) is 35.3 Å². The molecule has 0 unspecified atom stereocenters. The number of thiophene rings is 1. The maximum Gasteiger partial charge on any atom is 0.341 e. The summed E-state index contributed by atoms with van der Waals surface area (Å²) in [7, 11) is 2.88. The second kappa shape index (κ2) is 11.2. The third kappa shape index (κ3) is 5.64. The molecule has 6 nitrogen and oxygen atoms in total. The molecule has 1 aromatic heterocycles. The predicted octanol–water partition coefficient (Wildman–Crippen LogP) is 6.57. The molecular weight excluding hydrogens is 509 g/mol. The minimum Gasteiger partial charge on any atom is -0.493 e. The highest BCUT2D eigenvalue weighted by molar-refractivity contribution is 7.17. The van der Waals surface area contributed by atoms with Crippen LogP contribution in [0.15, 0.2) is 42.5 Å². The number of methoxy groups -OCH3 is 2. The number of rotatable bonds is 8. The number of hydrogen-bond acceptors (Lipinski definition) is 6. The van der Waals surface area contributed by atoms with Crippen molar-refractivity contribution in [3.8, 4) is 11.5 Å². The van der Waals surface area contributed by atoms with Crippen LogP contribution in [0.25, 0.3) is 6.08 Å².